The maximum absolute atomic E-state index is 13.5. The molecule has 0 heterocycles. The van der Waals surface area contributed by atoms with Gasteiger partial charge >= 0.3 is 23.9 Å². The Balaban J connectivity index is 2.15. The van der Waals surface area contributed by atoms with Gasteiger partial charge in [0.2, 0.25) is 0 Å². The van der Waals surface area contributed by atoms with E-state index in [2.05, 4.69) is 0 Å². The van der Waals surface area contributed by atoms with Gasteiger partial charge in [-0.1, -0.05) is 48.5 Å². The number of ether oxygens (including phenoxy) is 1. The third-order valence-electron chi connectivity index (χ3n) is 3.86. The number of rotatable bonds is 7. The Bertz CT molecular complexity index is 785. The van der Waals surface area contributed by atoms with Crippen LogP contribution < -0.4 is 4.74 Å². The zero-order valence-corrected chi connectivity index (χ0v) is 13.9. The predicted molar refractivity (Wildman–Crippen MR) is 82.9 cm³/mol. The second-order valence-corrected chi connectivity index (χ2v) is 5.81. The van der Waals surface area contributed by atoms with E-state index in [1.807, 2.05) is 0 Å². The van der Waals surface area contributed by atoms with Crippen molar-refractivity contribution in [3.05, 3.63) is 54.6 Å². The summed E-state index contributed by atoms with van der Waals surface area (Å²) in [6, 6.07) is 14.2. The molecule has 10 heteroatoms. The Labute approximate surface area is 153 Å². The molecule has 0 aliphatic rings. The van der Waals surface area contributed by atoms with Gasteiger partial charge in [-0.3, -0.25) is 0 Å². The Morgan fingerprint density at radius 3 is 1.75 bits per heavy atom. The molecule has 0 spiro atoms. The van der Waals surface area contributed by atoms with Gasteiger partial charge in [-0.15, -0.1) is 0 Å². The molecule has 0 aliphatic heterocycles. The molecule has 0 saturated carbocycles. The van der Waals surface area contributed by atoms with Gasteiger partial charge in [-0.2, -0.15) is 39.5 Å². The van der Waals surface area contributed by atoms with E-state index in [9.17, 15) is 39.5 Å². The van der Waals surface area contributed by atoms with Gasteiger partial charge in [0.25, 0.3) is 0 Å². The summed E-state index contributed by atoms with van der Waals surface area (Å²) in [6.45, 7) is -1.21. The van der Waals surface area contributed by atoms with Gasteiger partial charge in [0.15, 0.2) is 0 Å². The van der Waals surface area contributed by atoms with Crippen molar-refractivity contribution in [2.75, 3.05) is 6.61 Å². The lowest BCUT2D eigenvalue weighted by Gasteiger charge is -2.33. The van der Waals surface area contributed by atoms with Crippen LogP contribution in [0.25, 0.3) is 11.1 Å². The van der Waals surface area contributed by atoms with Crippen molar-refractivity contribution < 1.29 is 44.3 Å². The molecular formula is C18H13F9O. The second kappa shape index (κ2) is 7.56. The standard InChI is InChI=1S/C18H13F9O/c19-15(20,16(21,22)17(23,24)18(25,26)27)10-11-28-14-9-5-4-8-13(14)12-6-2-1-3-7-12/h1-9H,10-11H2. The van der Waals surface area contributed by atoms with Crippen LogP contribution in [-0.2, 0) is 0 Å². The van der Waals surface area contributed by atoms with Crippen molar-refractivity contribution in [2.45, 2.75) is 30.4 Å². The van der Waals surface area contributed by atoms with Crippen molar-refractivity contribution >= 4 is 0 Å². The van der Waals surface area contributed by atoms with Crippen LogP contribution in [0.2, 0.25) is 0 Å². The van der Waals surface area contributed by atoms with E-state index in [1.165, 1.54) is 18.2 Å². The zero-order valence-electron chi connectivity index (χ0n) is 13.9. The van der Waals surface area contributed by atoms with Crippen LogP contribution in [0.1, 0.15) is 6.42 Å². The van der Waals surface area contributed by atoms with Gasteiger partial charge in [0.1, 0.15) is 5.75 Å². The van der Waals surface area contributed by atoms with Crippen molar-refractivity contribution in [3.8, 4) is 16.9 Å². The third kappa shape index (κ3) is 4.05. The fraction of sp³-hybridized carbons (Fsp3) is 0.333. The Morgan fingerprint density at radius 1 is 0.643 bits per heavy atom. The molecule has 0 unspecified atom stereocenters. The van der Waals surface area contributed by atoms with Gasteiger partial charge in [0, 0.05) is 5.56 Å². The fourth-order valence-corrected chi connectivity index (χ4v) is 2.30. The lowest BCUT2D eigenvalue weighted by atomic mass is 10.0. The van der Waals surface area contributed by atoms with E-state index in [4.69, 9.17) is 4.74 Å². The second-order valence-electron chi connectivity index (χ2n) is 5.81. The van der Waals surface area contributed by atoms with Crippen molar-refractivity contribution in [2.24, 2.45) is 0 Å². The lowest BCUT2D eigenvalue weighted by molar-refractivity contribution is -0.397. The van der Waals surface area contributed by atoms with Crippen LogP contribution in [0.15, 0.2) is 54.6 Å². The van der Waals surface area contributed by atoms with Crippen LogP contribution in [0.3, 0.4) is 0 Å². The van der Waals surface area contributed by atoms with Crippen LogP contribution in [-0.4, -0.2) is 30.6 Å². The monoisotopic (exact) mass is 416 g/mol. The van der Waals surface area contributed by atoms with Crippen LogP contribution >= 0.6 is 0 Å². The molecule has 0 radical (unpaired) electrons. The van der Waals surface area contributed by atoms with Gasteiger partial charge < -0.3 is 4.74 Å². The van der Waals surface area contributed by atoms with E-state index in [1.54, 1.807) is 36.4 Å². The molecule has 0 amide bonds. The summed E-state index contributed by atoms with van der Waals surface area (Å²) in [5.41, 5.74) is 0.998. The Morgan fingerprint density at radius 2 is 1.18 bits per heavy atom. The summed E-state index contributed by atoms with van der Waals surface area (Å²) < 4.78 is 121. The van der Waals surface area contributed by atoms with E-state index in [0.29, 0.717) is 11.1 Å². The molecule has 154 valence electrons. The highest BCUT2D eigenvalue weighted by atomic mass is 19.4. The summed E-state index contributed by atoms with van der Waals surface area (Å²) in [4.78, 5) is 0. The highest BCUT2D eigenvalue weighted by Gasteiger charge is 2.81. The number of alkyl halides is 9. The third-order valence-corrected chi connectivity index (χ3v) is 3.86. The summed E-state index contributed by atoms with van der Waals surface area (Å²) in [5, 5.41) is 0. The molecule has 0 saturated heterocycles. The minimum Gasteiger partial charge on any atom is -0.493 e. The first-order chi connectivity index (χ1) is 12.8. The average Bonchev–Trinajstić information content (AvgIpc) is 2.61. The lowest BCUT2D eigenvalue weighted by Crippen LogP contribution is -2.61. The molecule has 2 aromatic rings. The highest BCUT2D eigenvalue weighted by Crippen LogP contribution is 2.54. The topological polar surface area (TPSA) is 9.23 Å². The maximum atomic E-state index is 13.5. The maximum Gasteiger partial charge on any atom is 0.460 e. The molecule has 0 aromatic heterocycles. The normalized spacial score (nSPS) is 13.5. The van der Waals surface area contributed by atoms with Crippen LogP contribution in [0, 0.1) is 0 Å². The zero-order chi connectivity index (χ0) is 21.2. The van der Waals surface area contributed by atoms with E-state index in [0.717, 1.165) is 0 Å². The number of para-hydroxylation sites is 1. The molecule has 1 nitrogen and oxygen atoms in total. The first-order valence-electron chi connectivity index (χ1n) is 7.79. The molecule has 0 aliphatic carbocycles. The molecule has 0 atom stereocenters. The molecule has 0 N–H and O–H groups in total. The number of hydrogen-bond donors (Lipinski definition) is 0. The van der Waals surface area contributed by atoms with Crippen molar-refractivity contribution in [1.82, 2.24) is 0 Å². The smallest absolute Gasteiger partial charge is 0.460 e. The highest BCUT2D eigenvalue weighted by molar-refractivity contribution is 5.70. The Kier molecular flexibility index (Phi) is 5.91. The summed E-state index contributed by atoms with van der Waals surface area (Å²) in [6.07, 6.45) is -8.88. The quantitative estimate of drug-likeness (QED) is 0.463. The first-order valence-corrected chi connectivity index (χ1v) is 7.79. The molecule has 28 heavy (non-hydrogen) atoms. The van der Waals surface area contributed by atoms with Gasteiger partial charge in [-0.05, 0) is 11.6 Å². The molecule has 2 aromatic carbocycles. The SMILES string of the molecule is FC(F)(F)C(F)(F)C(F)(F)C(F)(F)CCOc1ccccc1-c1ccccc1. The summed E-state index contributed by atoms with van der Waals surface area (Å²) in [5.74, 6) is -19.2. The molecule has 0 bridgehead atoms. The van der Waals surface area contributed by atoms with Gasteiger partial charge in [0.05, 0.1) is 13.0 Å². The van der Waals surface area contributed by atoms with Gasteiger partial charge in [-0.25, -0.2) is 0 Å². The Hall–Kier alpha value is -2.39. The van der Waals surface area contributed by atoms with E-state index < -0.39 is 37.0 Å². The molecular weight excluding hydrogens is 403 g/mol. The summed E-state index contributed by atoms with van der Waals surface area (Å²) >= 11 is 0. The first kappa shape index (κ1) is 21.9. The van der Waals surface area contributed by atoms with Crippen LogP contribution in [0.4, 0.5) is 39.5 Å². The largest absolute Gasteiger partial charge is 0.493 e. The van der Waals surface area contributed by atoms with Crippen molar-refractivity contribution in [3.63, 3.8) is 0 Å². The number of halogens is 9. The van der Waals surface area contributed by atoms with E-state index >= 15 is 0 Å². The predicted octanol–water partition coefficient (Wildman–Crippen LogP) is 6.59. The minimum absolute atomic E-state index is 0.0182. The minimum atomic E-state index is -6.90. The average molecular weight is 416 g/mol. The number of benzene rings is 2. The fourth-order valence-electron chi connectivity index (χ4n) is 2.30. The van der Waals surface area contributed by atoms with Crippen LogP contribution in [0.5, 0.6) is 5.75 Å². The number of hydrogen-bond acceptors (Lipinski definition) is 1. The van der Waals surface area contributed by atoms with E-state index in [-0.39, 0.29) is 5.75 Å². The molecule has 0 fully saturated rings. The van der Waals surface area contributed by atoms with Crippen molar-refractivity contribution in [1.29, 1.82) is 0 Å². The molecule has 2 rings (SSSR count). The summed E-state index contributed by atoms with van der Waals surface area (Å²) in [7, 11) is 0.